The van der Waals surface area contributed by atoms with Crippen molar-refractivity contribution in [3.8, 4) is 0 Å². The maximum Gasteiger partial charge on any atom is 0.297 e. The highest BCUT2D eigenvalue weighted by molar-refractivity contribution is 14.1. The normalized spacial score (nSPS) is 11.8. The second-order valence-electron chi connectivity index (χ2n) is 3.47. The van der Waals surface area contributed by atoms with Crippen LogP contribution in [0.1, 0.15) is 0 Å². The van der Waals surface area contributed by atoms with Crippen molar-refractivity contribution in [3.05, 3.63) is 42.5 Å². The molecule has 0 heterocycles. The SMILES string of the molecule is O=S(=O)(OCCI)c1ccc2ccccc2c1. The highest BCUT2D eigenvalue weighted by atomic mass is 127. The number of hydrogen-bond acceptors (Lipinski definition) is 3. The minimum atomic E-state index is -3.62. The first-order valence-electron chi connectivity index (χ1n) is 5.08. The first-order valence-corrected chi connectivity index (χ1v) is 8.01. The Morgan fingerprint density at radius 3 is 2.47 bits per heavy atom. The molecule has 90 valence electrons. The fourth-order valence-electron chi connectivity index (χ4n) is 1.53. The van der Waals surface area contributed by atoms with Crippen LogP contribution < -0.4 is 0 Å². The van der Waals surface area contributed by atoms with Crippen molar-refractivity contribution in [2.75, 3.05) is 11.0 Å². The molecule has 0 N–H and O–H groups in total. The van der Waals surface area contributed by atoms with Gasteiger partial charge in [0.2, 0.25) is 0 Å². The average molecular weight is 362 g/mol. The van der Waals surface area contributed by atoms with Crippen molar-refractivity contribution in [2.45, 2.75) is 4.90 Å². The van der Waals surface area contributed by atoms with Gasteiger partial charge in [-0.3, -0.25) is 4.18 Å². The van der Waals surface area contributed by atoms with E-state index in [0.29, 0.717) is 4.43 Å². The van der Waals surface area contributed by atoms with E-state index in [0.717, 1.165) is 10.8 Å². The predicted octanol–water partition coefficient (Wildman–Crippen LogP) is 2.98. The van der Waals surface area contributed by atoms with Gasteiger partial charge in [0, 0.05) is 4.43 Å². The topological polar surface area (TPSA) is 43.4 Å². The molecule has 17 heavy (non-hydrogen) atoms. The van der Waals surface area contributed by atoms with E-state index in [1.807, 2.05) is 24.3 Å². The third-order valence-electron chi connectivity index (χ3n) is 2.33. The van der Waals surface area contributed by atoms with Crippen molar-refractivity contribution in [1.29, 1.82) is 0 Å². The molecule has 0 aliphatic heterocycles. The summed E-state index contributed by atoms with van der Waals surface area (Å²) in [5.74, 6) is 0. The third-order valence-corrected chi connectivity index (χ3v) is 4.07. The van der Waals surface area contributed by atoms with Crippen LogP contribution in [0.5, 0.6) is 0 Å². The summed E-state index contributed by atoms with van der Waals surface area (Å²) in [5.41, 5.74) is 0. The van der Waals surface area contributed by atoms with Gasteiger partial charge in [-0.2, -0.15) is 8.42 Å². The van der Waals surface area contributed by atoms with Crippen LogP contribution in [0.25, 0.3) is 10.8 Å². The van der Waals surface area contributed by atoms with Gasteiger partial charge in [0.15, 0.2) is 0 Å². The van der Waals surface area contributed by atoms with E-state index in [1.54, 1.807) is 18.2 Å². The zero-order valence-corrected chi connectivity index (χ0v) is 11.9. The Morgan fingerprint density at radius 2 is 1.76 bits per heavy atom. The number of rotatable bonds is 4. The second-order valence-corrected chi connectivity index (χ2v) is 6.17. The maximum atomic E-state index is 11.8. The molecule has 0 aliphatic carbocycles. The predicted molar refractivity (Wildman–Crippen MR) is 76.0 cm³/mol. The molecule has 0 radical (unpaired) electrons. The lowest BCUT2D eigenvalue weighted by Crippen LogP contribution is -2.08. The van der Waals surface area contributed by atoms with Gasteiger partial charge in [-0.1, -0.05) is 52.9 Å². The Bertz CT molecular complexity index is 622. The Balaban J connectivity index is 2.42. The molecule has 2 aromatic rings. The fraction of sp³-hybridized carbons (Fsp3) is 0.167. The molecule has 0 atom stereocenters. The van der Waals surface area contributed by atoms with Crippen molar-refractivity contribution >= 4 is 43.5 Å². The zero-order valence-electron chi connectivity index (χ0n) is 8.97. The number of halogens is 1. The smallest absolute Gasteiger partial charge is 0.266 e. The van der Waals surface area contributed by atoms with Gasteiger partial charge in [0.1, 0.15) is 0 Å². The molecule has 0 saturated carbocycles. The van der Waals surface area contributed by atoms with Crippen molar-refractivity contribution < 1.29 is 12.6 Å². The molecule has 2 rings (SSSR count). The maximum absolute atomic E-state index is 11.8. The van der Waals surface area contributed by atoms with Gasteiger partial charge in [-0.05, 0) is 22.9 Å². The lowest BCUT2D eigenvalue weighted by Gasteiger charge is -2.05. The summed E-state index contributed by atoms with van der Waals surface area (Å²) in [4.78, 5) is 0.209. The number of fused-ring (bicyclic) bond motifs is 1. The monoisotopic (exact) mass is 362 g/mol. The summed E-state index contributed by atoms with van der Waals surface area (Å²) in [6.07, 6.45) is 0. The Morgan fingerprint density at radius 1 is 1.06 bits per heavy atom. The van der Waals surface area contributed by atoms with E-state index in [9.17, 15) is 8.42 Å². The van der Waals surface area contributed by atoms with E-state index in [4.69, 9.17) is 4.18 Å². The number of benzene rings is 2. The van der Waals surface area contributed by atoms with Crippen LogP contribution in [0.3, 0.4) is 0 Å². The number of alkyl halides is 1. The van der Waals surface area contributed by atoms with E-state index >= 15 is 0 Å². The van der Waals surface area contributed by atoms with Crippen LogP contribution in [0, 0.1) is 0 Å². The van der Waals surface area contributed by atoms with Gasteiger partial charge in [0.05, 0.1) is 11.5 Å². The third kappa shape index (κ3) is 2.97. The second kappa shape index (κ2) is 5.32. The van der Waals surface area contributed by atoms with Gasteiger partial charge in [0.25, 0.3) is 10.1 Å². The zero-order chi connectivity index (χ0) is 12.3. The number of hydrogen-bond donors (Lipinski definition) is 0. The standard InChI is InChI=1S/C12H11IO3S/c13-7-8-16-17(14,15)12-6-5-10-3-1-2-4-11(10)9-12/h1-6,9H,7-8H2. The van der Waals surface area contributed by atoms with E-state index in [-0.39, 0.29) is 11.5 Å². The van der Waals surface area contributed by atoms with Crippen molar-refractivity contribution in [3.63, 3.8) is 0 Å². The summed E-state index contributed by atoms with van der Waals surface area (Å²) >= 11 is 2.07. The van der Waals surface area contributed by atoms with Gasteiger partial charge in [-0.25, -0.2) is 0 Å². The fourth-order valence-corrected chi connectivity index (χ4v) is 3.00. The molecule has 2 aromatic carbocycles. The highest BCUT2D eigenvalue weighted by Gasteiger charge is 2.14. The molecule has 0 amide bonds. The summed E-state index contributed by atoms with van der Waals surface area (Å²) in [5, 5.41) is 1.91. The molecule has 0 spiro atoms. The van der Waals surface area contributed by atoms with E-state index < -0.39 is 10.1 Å². The summed E-state index contributed by atoms with van der Waals surface area (Å²) < 4.78 is 29.1. The Labute approximate surface area is 114 Å². The van der Waals surface area contributed by atoms with Crippen LogP contribution in [0.4, 0.5) is 0 Å². The molecular weight excluding hydrogens is 351 g/mol. The van der Waals surface area contributed by atoms with Gasteiger partial charge >= 0.3 is 0 Å². The van der Waals surface area contributed by atoms with Crippen molar-refractivity contribution in [1.82, 2.24) is 0 Å². The van der Waals surface area contributed by atoms with Crippen molar-refractivity contribution in [2.24, 2.45) is 0 Å². The summed E-state index contributed by atoms with van der Waals surface area (Å²) in [6, 6.07) is 12.6. The lowest BCUT2D eigenvalue weighted by molar-refractivity contribution is 0.343. The Hall–Kier alpha value is -0.660. The molecule has 0 unspecified atom stereocenters. The van der Waals surface area contributed by atoms with Crippen LogP contribution in [-0.4, -0.2) is 19.5 Å². The van der Waals surface area contributed by atoms with Crippen LogP contribution in [-0.2, 0) is 14.3 Å². The molecule has 0 saturated heterocycles. The van der Waals surface area contributed by atoms with E-state index in [1.165, 1.54) is 0 Å². The molecule has 5 heteroatoms. The first kappa shape index (κ1) is 12.8. The van der Waals surface area contributed by atoms with Crippen LogP contribution in [0.2, 0.25) is 0 Å². The lowest BCUT2D eigenvalue weighted by atomic mass is 10.1. The molecule has 0 fully saturated rings. The first-order chi connectivity index (χ1) is 8.13. The molecule has 3 nitrogen and oxygen atoms in total. The molecular formula is C12H11IO3S. The largest absolute Gasteiger partial charge is 0.297 e. The van der Waals surface area contributed by atoms with Crippen LogP contribution in [0.15, 0.2) is 47.4 Å². The van der Waals surface area contributed by atoms with Gasteiger partial charge in [-0.15, -0.1) is 0 Å². The average Bonchev–Trinajstić information content (AvgIpc) is 2.36. The molecule has 0 aliphatic rings. The Kier molecular flexibility index (Phi) is 4.01. The van der Waals surface area contributed by atoms with Crippen LogP contribution >= 0.6 is 22.6 Å². The molecule has 0 aromatic heterocycles. The summed E-state index contributed by atoms with van der Waals surface area (Å²) in [7, 11) is -3.62. The minimum absolute atomic E-state index is 0.204. The van der Waals surface area contributed by atoms with Gasteiger partial charge < -0.3 is 0 Å². The highest BCUT2D eigenvalue weighted by Crippen LogP contribution is 2.20. The molecule has 0 bridgehead atoms. The quantitative estimate of drug-likeness (QED) is 0.477. The van der Waals surface area contributed by atoms with E-state index in [2.05, 4.69) is 22.6 Å². The summed E-state index contributed by atoms with van der Waals surface area (Å²) in [6.45, 7) is 0.204. The minimum Gasteiger partial charge on any atom is -0.266 e.